The van der Waals surface area contributed by atoms with E-state index in [-0.39, 0.29) is 5.78 Å². The zero-order chi connectivity index (χ0) is 10.3. The normalized spacial score (nSPS) is 12.2. The summed E-state index contributed by atoms with van der Waals surface area (Å²) in [7, 11) is 0. The lowest BCUT2D eigenvalue weighted by Crippen LogP contribution is -2.29. The van der Waals surface area contributed by atoms with Crippen LogP contribution in [-0.4, -0.2) is 22.6 Å². The Morgan fingerprint density at radius 3 is 2.69 bits per heavy atom. The highest BCUT2D eigenvalue weighted by Crippen LogP contribution is 2.02. The smallest absolute Gasteiger partial charge is 0.136 e. The van der Waals surface area contributed by atoms with Gasteiger partial charge in [-0.2, -0.15) is 12.6 Å². The van der Waals surface area contributed by atoms with E-state index in [1.807, 2.05) is 0 Å². The molecule has 0 rings (SSSR count). The van der Waals surface area contributed by atoms with E-state index in [2.05, 4.69) is 24.9 Å². The molecular formula is C9H17NOS2. The SMILES string of the molecule is CCCC(S)CNC(=S)CC(C)=O. The number of hydrogen-bond acceptors (Lipinski definition) is 3. The van der Waals surface area contributed by atoms with E-state index in [1.54, 1.807) is 0 Å². The van der Waals surface area contributed by atoms with E-state index >= 15 is 0 Å². The average molecular weight is 219 g/mol. The molecule has 0 radical (unpaired) electrons. The van der Waals surface area contributed by atoms with Crippen molar-refractivity contribution in [3.05, 3.63) is 0 Å². The minimum atomic E-state index is 0.101. The molecular weight excluding hydrogens is 202 g/mol. The molecule has 0 aliphatic heterocycles. The van der Waals surface area contributed by atoms with Crippen LogP contribution in [0.1, 0.15) is 33.1 Å². The molecule has 0 bridgehead atoms. The molecule has 1 N–H and O–H groups in total. The Kier molecular flexibility index (Phi) is 7.28. The molecule has 0 fully saturated rings. The predicted molar refractivity (Wildman–Crippen MR) is 63.6 cm³/mol. The van der Waals surface area contributed by atoms with E-state index < -0.39 is 0 Å². The molecule has 13 heavy (non-hydrogen) atoms. The van der Waals surface area contributed by atoms with Crippen molar-refractivity contribution in [1.82, 2.24) is 5.32 Å². The van der Waals surface area contributed by atoms with Gasteiger partial charge in [0.2, 0.25) is 0 Å². The standard InChI is InChI=1S/C9H17NOS2/c1-3-4-8(12)6-10-9(13)5-7(2)11/h8,12H,3-6H2,1-2H3,(H,10,13). The number of thiocarbonyl (C=S) groups is 1. The van der Waals surface area contributed by atoms with Gasteiger partial charge in [0, 0.05) is 11.8 Å². The Hall–Kier alpha value is -0.0900. The van der Waals surface area contributed by atoms with Crippen molar-refractivity contribution in [3.8, 4) is 0 Å². The van der Waals surface area contributed by atoms with Gasteiger partial charge >= 0.3 is 0 Å². The van der Waals surface area contributed by atoms with Gasteiger partial charge in [-0.15, -0.1) is 0 Å². The van der Waals surface area contributed by atoms with Crippen molar-refractivity contribution in [1.29, 1.82) is 0 Å². The topological polar surface area (TPSA) is 29.1 Å². The van der Waals surface area contributed by atoms with E-state index in [0.717, 1.165) is 19.4 Å². The Balaban J connectivity index is 3.51. The van der Waals surface area contributed by atoms with E-state index in [1.165, 1.54) is 6.92 Å². The second-order valence-corrected chi connectivity index (χ2v) is 4.35. The van der Waals surface area contributed by atoms with Gasteiger partial charge in [0.05, 0.1) is 11.4 Å². The first-order chi connectivity index (χ1) is 6.06. The lowest BCUT2D eigenvalue weighted by atomic mass is 10.2. The number of ketones is 1. The Bertz CT molecular complexity index is 182. The number of carbonyl (C=O) groups excluding carboxylic acids is 1. The minimum absolute atomic E-state index is 0.101. The van der Waals surface area contributed by atoms with Gasteiger partial charge in [0.15, 0.2) is 0 Å². The molecule has 0 aromatic heterocycles. The number of rotatable bonds is 6. The van der Waals surface area contributed by atoms with Gasteiger partial charge in [-0.1, -0.05) is 25.6 Å². The third kappa shape index (κ3) is 8.25. The van der Waals surface area contributed by atoms with Crippen molar-refractivity contribution in [2.75, 3.05) is 6.54 Å². The fourth-order valence-corrected chi connectivity index (χ4v) is 1.59. The fraction of sp³-hybridized carbons (Fsp3) is 0.778. The maximum absolute atomic E-state index is 10.7. The van der Waals surface area contributed by atoms with Crippen LogP contribution in [0.4, 0.5) is 0 Å². The fourth-order valence-electron chi connectivity index (χ4n) is 0.956. The van der Waals surface area contributed by atoms with Crippen LogP contribution in [0.25, 0.3) is 0 Å². The van der Waals surface area contributed by atoms with Crippen LogP contribution >= 0.6 is 24.8 Å². The highest BCUT2D eigenvalue weighted by Gasteiger charge is 2.04. The van der Waals surface area contributed by atoms with Crippen LogP contribution in [0, 0.1) is 0 Å². The summed E-state index contributed by atoms with van der Waals surface area (Å²) in [4.78, 5) is 11.3. The number of thiol groups is 1. The van der Waals surface area contributed by atoms with Crippen LogP contribution in [0.3, 0.4) is 0 Å². The maximum Gasteiger partial charge on any atom is 0.136 e. The van der Waals surface area contributed by atoms with E-state index in [9.17, 15) is 4.79 Å². The zero-order valence-corrected chi connectivity index (χ0v) is 9.88. The van der Waals surface area contributed by atoms with Crippen LogP contribution in [0.2, 0.25) is 0 Å². The molecule has 0 saturated carbocycles. The summed E-state index contributed by atoms with van der Waals surface area (Å²) in [6, 6.07) is 0. The van der Waals surface area contributed by atoms with Gasteiger partial charge in [0.25, 0.3) is 0 Å². The summed E-state index contributed by atoms with van der Waals surface area (Å²) in [6.07, 6.45) is 2.54. The summed E-state index contributed by atoms with van der Waals surface area (Å²) in [5.41, 5.74) is 0. The minimum Gasteiger partial charge on any atom is -0.378 e. The largest absolute Gasteiger partial charge is 0.378 e. The van der Waals surface area contributed by atoms with Crippen LogP contribution in [-0.2, 0) is 4.79 Å². The number of nitrogens with one attached hydrogen (secondary N) is 1. The first-order valence-corrected chi connectivity index (χ1v) is 5.43. The van der Waals surface area contributed by atoms with E-state index in [0.29, 0.717) is 16.7 Å². The lowest BCUT2D eigenvalue weighted by Gasteiger charge is -2.11. The van der Waals surface area contributed by atoms with Gasteiger partial charge in [-0.25, -0.2) is 0 Å². The summed E-state index contributed by atoms with van der Waals surface area (Å²) >= 11 is 9.34. The summed E-state index contributed by atoms with van der Waals surface area (Å²) in [5.74, 6) is 0.101. The van der Waals surface area contributed by atoms with Crippen molar-refractivity contribution in [3.63, 3.8) is 0 Å². The molecule has 0 heterocycles. The highest BCUT2D eigenvalue weighted by molar-refractivity contribution is 7.81. The molecule has 4 heteroatoms. The quantitative estimate of drug-likeness (QED) is 0.529. The third-order valence-corrected chi connectivity index (χ3v) is 2.30. The molecule has 0 aliphatic carbocycles. The van der Waals surface area contributed by atoms with Gasteiger partial charge in [-0.3, -0.25) is 4.79 Å². The van der Waals surface area contributed by atoms with Gasteiger partial charge in [0.1, 0.15) is 5.78 Å². The molecule has 0 amide bonds. The number of carbonyl (C=O) groups is 1. The molecule has 1 atom stereocenters. The van der Waals surface area contributed by atoms with Crippen molar-refractivity contribution in [2.24, 2.45) is 0 Å². The van der Waals surface area contributed by atoms with Gasteiger partial charge in [-0.05, 0) is 13.3 Å². The van der Waals surface area contributed by atoms with Crippen molar-refractivity contribution < 1.29 is 4.79 Å². The van der Waals surface area contributed by atoms with Crippen molar-refractivity contribution >= 4 is 35.6 Å². The first kappa shape index (κ1) is 12.9. The molecule has 0 aliphatic rings. The second kappa shape index (κ2) is 7.33. The third-order valence-electron chi connectivity index (χ3n) is 1.57. The number of Topliss-reactive ketones (excluding diaryl/α,β-unsaturated/α-hetero) is 1. The number of hydrogen-bond donors (Lipinski definition) is 2. The van der Waals surface area contributed by atoms with Crippen LogP contribution < -0.4 is 5.32 Å². The Labute approximate surface area is 90.9 Å². The summed E-state index contributed by atoms with van der Waals surface area (Å²) < 4.78 is 0. The van der Waals surface area contributed by atoms with Crippen LogP contribution in [0.15, 0.2) is 0 Å². The zero-order valence-electron chi connectivity index (χ0n) is 8.17. The molecule has 76 valence electrons. The Morgan fingerprint density at radius 1 is 1.62 bits per heavy atom. The molecule has 2 nitrogen and oxygen atoms in total. The van der Waals surface area contributed by atoms with Crippen LogP contribution in [0.5, 0.6) is 0 Å². The second-order valence-electron chi connectivity index (χ2n) is 3.13. The van der Waals surface area contributed by atoms with Gasteiger partial charge < -0.3 is 5.32 Å². The molecule has 0 aromatic carbocycles. The van der Waals surface area contributed by atoms with Crippen molar-refractivity contribution in [2.45, 2.75) is 38.4 Å². The summed E-state index contributed by atoms with van der Waals surface area (Å²) in [5, 5.41) is 3.36. The molecule has 0 aromatic rings. The predicted octanol–water partition coefficient (Wildman–Crippen LogP) is 1.98. The highest BCUT2D eigenvalue weighted by atomic mass is 32.1. The monoisotopic (exact) mass is 219 g/mol. The maximum atomic E-state index is 10.7. The summed E-state index contributed by atoms with van der Waals surface area (Å²) in [6.45, 7) is 4.42. The average Bonchev–Trinajstić information content (AvgIpc) is 2.00. The Morgan fingerprint density at radius 2 is 2.23 bits per heavy atom. The lowest BCUT2D eigenvalue weighted by molar-refractivity contribution is -0.115. The first-order valence-electron chi connectivity index (χ1n) is 4.50. The van der Waals surface area contributed by atoms with E-state index in [4.69, 9.17) is 12.2 Å². The molecule has 1 unspecified atom stereocenters. The molecule has 0 spiro atoms. The molecule has 0 saturated heterocycles.